The molecule has 1 aromatic carbocycles. The van der Waals surface area contributed by atoms with Gasteiger partial charge in [-0.3, -0.25) is 9.59 Å². The lowest BCUT2D eigenvalue weighted by atomic mass is 10.2. The van der Waals surface area contributed by atoms with Gasteiger partial charge in [0, 0.05) is 0 Å². The molecular weight excluding hydrogens is 290 g/mol. The van der Waals surface area contributed by atoms with Gasteiger partial charge in [-0.1, -0.05) is 29.8 Å². The number of carbonyl (C=O) groups excluding carboxylic acids is 2. The van der Waals surface area contributed by atoms with Crippen molar-refractivity contribution in [3.8, 4) is 0 Å². The van der Waals surface area contributed by atoms with Crippen molar-refractivity contribution in [1.29, 1.82) is 0 Å². The number of β-lactam (4-membered cyclic amide) rings is 1. The third kappa shape index (κ3) is 3.13. The van der Waals surface area contributed by atoms with Gasteiger partial charge in [-0.25, -0.2) is 8.42 Å². The summed E-state index contributed by atoms with van der Waals surface area (Å²) in [7, 11) is -3.65. The Balaban J connectivity index is 2.01. The highest BCUT2D eigenvalue weighted by molar-refractivity contribution is 7.92. The van der Waals surface area contributed by atoms with E-state index in [1.165, 1.54) is 17.0 Å². The Labute approximate surface area is 116 Å². The van der Waals surface area contributed by atoms with E-state index in [2.05, 4.69) is 0 Å². The molecule has 1 aliphatic rings. The Morgan fingerprint density at radius 3 is 2.47 bits per heavy atom. The van der Waals surface area contributed by atoms with E-state index in [0.29, 0.717) is 0 Å². The lowest BCUT2D eigenvalue weighted by molar-refractivity contribution is -0.144. The van der Waals surface area contributed by atoms with Crippen molar-refractivity contribution >= 4 is 33.1 Å². The molecule has 19 heavy (non-hydrogen) atoms. The summed E-state index contributed by atoms with van der Waals surface area (Å²) in [5, 5.41) is 0. The van der Waals surface area contributed by atoms with Crippen molar-refractivity contribution in [2.24, 2.45) is 0 Å². The SMILES string of the molecule is O=C(CN1C(=O)CC1Cl)CS(=O)(=O)c1ccccc1. The highest BCUT2D eigenvalue weighted by Crippen LogP contribution is 2.22. The Morgan fingerprint density at radius 1 is 1.32 bits per heavy atom. The maximum Gasteiger partial charge on any atom is 0.227 e. The molecular formula is C12H12ClNO4S. The van der Waals surface area contributed by atoms with Crippen molar-refractivity contribution in [2.75, 3.05) is 12.3 Å². The molecule has 1 unspecified atom stereocenters. The third-order valence-electron chi connectivity index (χ3n) is 2.80. The highest BCUT2D eigenvalue weighted by Gasteiger charge is 2.36. The van der Waals surface area contributed by atoms with Gasteiger partial charge in [0.2, 0.25) is 5.91 Å². The summed E-state index contributed by atoms with van der Waals surface area (Å²) in [6.45, 7) is -0.251. The first-order chi connectivity index (χ1) is 8.90. The Morgan fingerprint density at radius 2 is 1.95 bits per heavy atom. The number of rotatable bonds is 5. The number of alkyl halides is 1. The molecule has 0 N–H and O–H groups in total. The summed E-state index contributed by atoms with van der Waals surface area (Å²) >= 11 is 5.75. The number of likely N-dealkylation sites (tertiary alicyclic amines) is 1. The predicted molar refractivity (Wildman–Crippen MR) is 69.5 cm³/mol. The summed E-state index contributed by atoms with van der Waals surface area (Å²) in [5.41, 5.74) is -0.504. The van der Waals surface area contributed by atoms with Crippen LogP contribution < -0.4 is 0 Å². The van der Waals surface area contributed by atoms with Crippen molar-refractivity contribution in [3.05, 3.63) is 30.3 Å². The molecule has 0 radical (unpaired) electrons. The number of carbonyl (C=O) groups is 2. The number of sulfone groups is 1. The normalized spacial score (nSPS) is 19.1. The van der Waals surface area contributed by atoms with E-state index < -0.39 is 26.9 Å². The van der Waals surface area contributed by atoms with Gasteiger partial charge in [0.05, 0.1) is 17.9 Å². The van der Waals surface area contributed by atoms with E-state index >= 15 is 0 Å². The zero-order chi connectivity index (χ0) is 14.0. The van der Waals surface area contributed by atoms with Crippen LogP contribution in [0.2, 0.25) is 0 Å². The second-order valence-corrected chi connectivity index (χ2v) is 6.76. The molecule has 5 nitrogen and oxygen atoms in total. The topological polar surface area (TPSA) is 71.5 Å². The number of nitrogens with zero attached hydrogens (tertiary/aromatic N) is 1. The molecule has 0 bridgehead atoms. The first-order valence-electron chi connectivity index (χ1n) is 5.63. The van der Waals surface area contributed by atoms with Crippen LogP contribution in [-0.4, -0.2) is 42.8 Å². The van der Waals surface area contributed by atoms with Gasteiger partial charge in [-0.2, -0.15) is 0 Å². The molecule has 1 heterocycles. The molecule has 7 heteroatoms. The largest absolute Gasteiger partial charge is 0.318 e. The van der Waals surface area contributed by atoms with Gasteiger partial charge in [0.1, 0.15) is 11.3 Å². The van der Waals surface area contributed by atoms with Crippen LogP contribution in [0.1, 0.15) is 6.42 Å². The van der Waals surface area contributed by atoms with Gasteiger partial charge < -0.3 is 4.90 Å². The smallest absolute Gasteiger partial charge is 0.227 e. The molecule has 0 saturated carbocycles. The molecule has 102 valence electrons. The van der Waals surface area contributed by atoms with Crippen LogP contribution in [0.4, 0.5) is 0 Å². The van der Waals surface area contributed by atoms with E-state index in [4.69, 9.17) is 11.6 Å². The molecule has 0 spiro atoms. The number of halogens is 1. The van der Waals surface area contributed by atoms with Crippen molar-refractivity contribution in [2.45, 2.75) is 16.8 Å². The van der Waals surface area contributed by atoms with E-state index in [-0.39, 0.29) is 23.8 Å². The minimum absolute atomic E-state index is 0.0979. The maximum absolute atomic E-state index is 11.9. The van der Waals surface area contributed by atoms with Gasteiger partial charge >= 0.3 is 0 Å². The van der Waals surface area contributed by atoms with Crippen LogP contribution in [-0.2, 0) is 19.4 Å². The Hall–Kier alpha value is -1.40. The first kappa shape index (κ1) is 14.0. The van der Waals surface area contributed by atoms with Crippen molar-refractivity contribution in [1.82, 2.24) is 4.90 Å². The van der Waals surface area contributed by atoms with Gasteiger partial charge in [0.15, 0.2) is 15.6 Å². The van der Waals surface area contributed by atoms with Crippen LogP contribution in [0.25, 0.3) is 0 Å². The third-order valence-corrected chi connectivity index (χ3v) is 4.88. The molecule has 0 aliphatic carbocycles. The van der Waals surface area contributed by atoms with Gasteiger partial charge in [-0.15, -0.1) is 0 Å². The van der Waals surface area contributed by atoms with E-state index in [1.54, 1.807) is 18.2 Å². The summed E-state index contributed by atoms with van der Waals surface area (Å²) in [6.07, 6.45) is 0.195. The average molecular weight is 302 g/mol. The molecule has 1 atom stereocenters. The minimum Gasteiger partial charge on any atom is -0.318 e. The van der Waals surface area contributed by atoms with Crippen LogP contribution in [0.15, 0.2) is 35.2 Å². The average Bonchev–Trinajstić information content (AvgIpc) is 2.37. The number of ketones is 1. The van der Waals surface area contributed by atoms with Crippen molar-refractivity contribution < 1.29 is 18.0 Å². The van der Waals surface area contributed by atoms with Gasteiger partial charge in [0.25, 0.3) is 0 Å². The number of Topliss-reactive ketones (excluding diaryl/α,β-unsaturated/α-hetero) is 1. The fourth-order valence-electron chi connectivity index (χ4n) is 1.76. The maximum atomic E-state index is 11.9. The lowest BCUT2D eigenvalue weighted by Gasteiger charge is -2.35. The molecule has 1 aliphatic heterocycles. The molecule has 1 amide bonds. The summed E-state index contributed by atoms with van der Waals surface area (Å²) < 4.78 is 23.9. The number of amides is 1. The number of hydrogen-bond donors (Lipinski definition) is 0. The summed E-state index contributed by atoms with van der Waals surface area (Å²) in [5.74, 6) is -1.39. The number of hydrogen-bond acceptors (Lipinski definition) is 4. The first-order valence-corrected chi connectivity index (χ1v) is 7.72. The summed E-state index contributed by atoms with van der Waals surface area (Å²) in [4.78, 5) is 24.1. The van der Waals surface area contributed by atoms with E-state index in [1.807, 2.05) is 0 Å². The molecule has 1 fully saturated rings. The predicted octanol–water partition coefficient (Wildman–Crippen LogP) is 0.827. The van der Waals surface area contributed by atoms with Crippen LogP contribution >= 0.6 is 11.6 Å². The highest BCUT2D eigenvalue weighted by atomic mass is 35.5. The van der Waals surface area contributed by atoms with Crippen molar-refractivity contribution in [3.63, 3.8) is 0 Å². The fraction of sp³-hybridized carbons (Fsp3) is 0.333. The van der Waals surface area contributed by atoms with Crippen LogP contribution in [0, 0.1) is 0 Å². The molecule has 0 aromatic heterocycles. The lowest BCUT2D eigenvalue weighted by Crippen LogP contribution is -2.52. The monoisotopic (exact) mass is 301 g/mol. The second kappa shape index (κ2) is 5.30. The zero-order valence-electron chi connectivity index (χ0n) is 9.95. The van der Waals surface area contributed by atoms with Crippen LogP contribution in [0.3, 0.4) is 0 Å². The number of benzene rings is 1. The standard InChI is InChI=1S/C12H12ClNO4S/c13-11-6-12(16)14(11)7-9(15)8-19(17,18)10-4-2-1-3-5-10/h1-5,11H,6-8H2. The molecule has 1 saturated heterocycles. The van der Waals surface area contributed by atoms with E-state index in [0.717, 1.165) is 0 Å². The summed E-state index contributed by atoms with van der Waals surface area (Å²) in [6, 6.07) is 7.73. The minimum atomic E-state index is -3.65. The van der Waals surface area contributed by atoms with Crippen LogP contribution in [0.5, 0.6) is 0 Å². The Bertz CT molecular complexity index is 599. The second-order valence-electron chi connectivity index (χ2n) is 4.27. The zero-order valence-corrected chi connectivity index (χ0v) is 11.5. The Kier molecular flexibility index (Phi) is 3.91. The van der Waals surface area contributed by atoms with Gasteiger partial charge in [-0.05, 0) is 12.1 Å². The quantitative estimate of drug-likeness (QED) is 0.459. The fourth-order valence-corrected chi connectivity index (χ4v) is 3.32. The molecule has 2 rings (SSSR count). The molecule has 1 aromatic rings. The van der Waals surface area contributed by atoms with E-state index in [9.17, 15) is 18.0 Å².